The smallest absolute Gasteiger partial charge is 0.118 e. The lowest BCUT2D eigenvalue weighted by atomic mass is 9.91. The van der Waals surface area contributed by atoms with E-state index in [9.17, 15) is 0 Å². The average molecular weight is 350 g/mol. The first-order chi connectivity index (χ1) is 12.8. The number of ether oxygens (including phenoxy) is 2. The van der Waals surface area contributed by atoms with Gasteiger partial charge >= 0.3 is 0 Å². The lowest BCUT2D eigenvalue weighted by molar-refractivity contribution is 0.390. The Morgan fingerprint density at radius 3 is 1.42 bits per heavy atom. The third-order valence-electron chi connectivity index (χ3n) is 4.76. The summed E-state index contributed by atoms with van der Waals surface area (Å²) in [5.74, 6) is 1.73. The highest BCUT2D eigenvalue weighted by molar-refractivity contribution is 5.81. The Kier molecular flexibility index (Phi) is 6.42. The molecule has 2 atom stereocenters. The van der Waals surface area contributed by atoms with E-state index < -0.39 is 0 Å². The molecule has 0 amide bonds. The quantitative estimate of drug-likeness (QED) is 0.717. The Balaban J connectivity index is 1.66. The van der Waals surface area contributed by atoms with Crippen molar-refractivity contribution in [3.63, 3.8) is 0 Å². The van der Waals surface area contributed by atoms with Gasteiger partial charge in [0.05, 0.1) is 26.3 Å². The molecule has 1 unspecified atom stereocenters. The molecule has 0 saturated heterocycles. The molecule has 1 saturated carbocycles. The van der Waals surface area contributed by atoms with Gasteiger partial charge in [-0.1, -0.05) is 12.8 Å². The molecule has 0 spiro atoms. The first kappa shape index (κ1) is 18.2. The van der Waals surface area contributed by atoms with Crippen LogP contribution >= 0.6 is 0 Å². The van der Waals surface area contributed by atoms with Gasteiger partial charge in [0.25, 0.3) is 0 Å². The number of hydrogen-bond acceptors (Lipinski definition) is 4. The number of rotatable bonds is 6. The first-order valence-electron chi connectivity index (χ1n) is 9.13. The molecule has 0 radical (unpaired) electrons. The van der Waals surface area contributed by atoms with Gasteiger partial charge in [-0.3, -0.25) is 9.98 Å². The Bertz CT molecular complexity index is 670. The third-order valence-corrected chi connectivity index (χ3v) is 4.76. The topological polar surface area (TPSA) is 43.2 Å². The fraction of sp³-hybridized carbons (Fsp3) is 0.364. The number of hydrogen-bond donors (Lipinski definition) is 0. The summed E-state index contributed by atoms with van der Waals surface area (Å²) >= 11 is 0. The SMILES string of the molecule is COc1ccc(C=NC2CCCC[C@H]2N=Cc2ccc(OC)cc2)cc1. The molecule has 136 valence electrons. The molecule has 2 aromatic rings. The molecule has 2 aromatic carbocycles. The van der Waals surface area contributed by atoms with Gasteiger partial charge in [-0.2, -0.15) is 0 Å². The van der Waals surface area contributed by atoms with E-state index in [2.05, 4.69) is 0 Å². The van der Waals surface area contributed by atoms with Gasteiger partial charge in [0.15, 0.2) is 0 Å². The molecule has 4 nitrogen and oxygen atoms in total. The first-order valence-corrected chi connectivity index (χ1v) is 9.13. The van der Waals surface area contributed by atoms with E-state index >= 15 is 0 Å². The number of nitrogens with zero attached hydrogens (tertiary/aromatic N) is 2. The molecule has 0 bridgehead atoms. The maximum absolute atomic E-state index is 5.20. The molecule has 0 N–H and O–H groups in total. The molecule has 0 aliphatic heterocycles. The van der Waals surface area contributed by atoms with Crippen LogP contribution in [0.5, 0.6) is 11.5 Å². The van der Waals surface area contributed by atoms with Crippen molar-refractivity contribution in [1.82, 2.24) is 0 Å². The maximum atomic E-state index is 5.20. The van der Waals surface area contributed by atoms with Crippen LogP contribution in [0.2, 0.25) is 0 Å². The molecule has 3 rings (SSSR count). The van der Waals surface area contributed by atoms with E-state index in [4.69, 9.17) is 19.5 Å². The van der Waals surface area contributed by atoms with Crippen LogP contribution in [0.25, 0.3) is 0 Å². The van der Waals surface area contributed by atoms with E-state index in [-0.39, 0.29) is 12.1 Å². The zero-order valence-electron chi connectivity index (χ0n) is 15.5. The normalized spacial score (nSPS) is 20.5. The summed E-state index contributed by atoms with van der Waals surface area (Å²) < 4.78 is 10.4. The number of methoxy groups -OCH3 is 2. The predicted octanol–water partition coefficient (Wildman–Crippen LogP) is 4.55. The zero-order valence-corrected chi connectivity index (χ0v) is 15.5. The van der Waals surface area contributed by atoms with Gasteiger partial charge in [-0.15, -0.1) is 0 Å². The van der Waals surface area contributed by atoms with E-state index in [1.54, 1.807) is 14.2 Å². The third kappa shape index (κ3) is 4.94. The van der Waals surface area contributed by atoms with Crippen molar-refractivity contribution < 1.29 is 9.47 Å². The van der Waals surface area contributed by atoms with Gasteiger partial charge in [-0.05, 0) is 72.5 Å². The Hall–Kier alpha value is -2.62. The van der Waals surface area contributed by atoms with Gasteiger partial charge in [-0.25, -0.2) is 0 Å². The van der Waals surface area contributed by atoms with Crippen molar-refractivity contribution in [1.29, 1.82) is 0 Å². The molecule has 0 aromatic heterocycles. The zero-order chi connectivity index (χ0) is 18.2. The monoisotopic (exact) mass is 350 g/mol. The minimum Gasteiger partial charge on any atom is -0.497 e. The van der Waals surface area contributed by atoms with Crippen LogP contribution in [-0.2, 0) is 0 Å². The second-order valence-corrected chi connectivity index (χ2v) is 6.52. The van der Waals surface area contributed by atoms with Gasteiger partial charge < -0.3 is 9.47 Å². The van der Waals surface area contributed by atoms with E-state index in [1.807, 2.05) is 61.0 Å². The maximum Gasteiger partial charge on any atom is 0.118 e. The minimum absolute atomic E-state index is 0.250. The van der Waals surface area contributed by atoms with Gasteiger partial charge in [0.2, 0.25) is 0 Å². The van der Waals surface area contributed by atoms with Crippen molar-refractivity contribution in [2.24, 2.45) is 9.98 Å². The molecule has 1 aliphatic rings. The Morgan fingerprint density at radius 1 is 0.692 bits per heavy atom. The molecule has 1 aliphatic carbocycles. The highest BCUT2D eigenvalue weighted by Crippen LogP contribution is 2.24. The predicted molar refractivity (Wildman–Crippen MR) is 107 cm³/mol. The fourth-order valence-corrected chi connectivity index (χ4v) is 3.18. The van der Waals surface area contributed by atoms with Crippen molar-refractivity contribution in [2.75, 3.05) is 14.2 Å². The highest BCUT2D eigenvalue weighted by atomic mass is 16.5. The second-order valence-electron chi connectivity index (χ2n) is 6.52. The van der Waals surface area contributed by atoms with Gasteiger partial charge in [0.1, 0.15) is 11.5 Å². The summed E-state index contributed by atoms with van der Waals surface area (Å²) in [7, 11) is 3.35. The van der Waals surface area contributed by atoms with Crippen LogP contribution in [0.4, 0.5) is 0 Å². The minimum atomic E-state index is 0.250. The van der Waals surface area contributed by atoms with Crippen molar-refractivity contribution in [2.45, 2.75) is 37.8 Å². The van der Waals surface area contributed by atoms with Crippen LogP contribution in [0, 0.1) is 0 Å². The fourth-order valence-electron chi connectivity index (χ4n) is 3.18. The lowest BCUT2D eigenvalue weighted by Gasteiger charge is -2.25. The largest absolute Gasteiger partial charge is 0.497 e. The van der Waals surface area contributed by atoms with Crippen molar-refractivity contribution in [3.8, 4) is 11.5 Å². The van der Waals surface area contributed by atoms with Crippen LogP contribution in [-0.4, -0.2) is 38.7 Å². The summed E-state index contributed by atoms with van der Waals surface area (Å²) in [6.45, 7) is 0. The average Bonchev–Trinajstić information content (AvgIpc) is 2.72. The van der Waals surface area contributed by atoms with Crippen LogP contribution in [0.3, 0.4) is 0 Å². The summed E-state index contributed by atoms with van der Waals surface area (Å²) in [5.41, 5.74) is 2.18. The van der Waals surface area contributed by atoms with Crippen molar-refractivity contribution in [3.05, 3.63) is 59.7 Å². The van der Waals surface area contributed by atoms with E-state index in [1.165, 1.54) is 12.8 Å². The number of aliphatic imine (C=N–C) groups is 2. The second kappa shape index (κ2) is 9.18. The summed E-state index contributed by atoms with van der Waals surface area (Å²) in [5, 5.41) is 0. The standard InChI is InChI=1S/C22H26N2O2/c1-25-19-11-7-17(8-12-19)15-23-21-5-3-4-6-22(21)24-16-18-9-13-20(26-2)14-10-18/h7-16,21-22H,3-6H2,1-2H3/t21-,22?/m1/s1. The Labute approximate surface area is 155 Å². The van der Waals surface area contributed by atoms with Crippen LogP contribution in [0.15, 0.2) is 58.5 Å². The Morgan fingerprint density at radius 2 is 1.08 bits per heavy atom. The summed E-state index contributed by atoms with van der Waals surface area (Å²) in [6, 6.07) is 16.5. The molecular formula is C22H26N2O2. The molecular weight excluding hydrogens is 324 g/mol. The van der Waals surface area contributed by atoms with E-state index in [0.29, 0.717) is 0 Å². The number of benzene rings is 2. The summed E-state index contributed by atoms with van der Waals surface area (Å²) in [6.07, 6.45) is 8.56. The van der Waals surface area contributed by atoms with E-state index in [0.717, 1.165) is 35.5 Å². The van der Waals surface area contributed by atoms with Crippen LogP contribution in [0.1, 0.15) is 36.8 Å². The van der Waals surface area contributed by atoms with Gasteiger partial charge in [0, 0.05) is 12.4 Å². The van der Waals surface area contributed by atoms with Crippen molar-refractivity contribution >= 4 is 12.4 Å². The lowest BCUT2D eigenvalue weighted by Crippen LogP contribution is -2.27. The molecule has 0 heterocycles. The van der Waals surface area contributed by atoms with Crippen LogP contribution < -0.4 is 9.47 Å². The molecule has 1 fully saturated rings. The highest BCUT2D eigenvalue weighted by Gasteiger charge is 2.23. The summed E-state index contributed by atoms with van der Waals surface area (Å²) in [4.78, 5) is 9.66. The molecule has 26 heavy (non-hydrogen) atoms. The molecule has 4 heteroatoms.